The van der Waals surface area contributed by atoms with E-state index in [1.165, 1.54) is 12.4 Å². The fraction of sp³-hybridized carbons (Fsp3) is 0.0282. The fourth-order valence-corrected chi connectivity index (χ4v) is 9.99. The lowest BCUT2D eigenvalue weighted by atomic mass is 9.84. The van der Waals surface area contributed by atoms with Gasteiger partial charge in [0.25, 0.3) is 0 Å². The maximum atomic E-state index is 7.82. The van der Waals surface area contributed by atoms with Gasteiger partial charge in [0.05, 0.1) is 17.1 Å². The van der Waals surface area contributed by atoms with Gasteiger partial charge in [0.1, 0.15) is 0 Å². The van der Waals surface area contributed by atoms with E-state index in [4.69, 9.17) is 13.2 Å². The topological polar surface area (TPSA) is 38.7 Å². The van der Waals surface area contributed by atoms with Crippen LogP contribution in [0.1, 0.15) is 19.4 Å². The lowest BCUT2D eigenvalue weighted by Crippen LogP contribution is -1.94. The molecule has 0 bridgehead atoms. The highest BCUT2D eigenvalue weighted by Gasteiger charge is 2.19. The van der Waals surface area contributed by atoms with Gasteiger partial charge in [-0.05, 0) is 162 Å². The first-order chi connectivity index (χ1) is 38.9. The van der Waals surface area contributed by atoms with Crippen molar-refractivity contribution >= 4 is 0 Å². The number of hydrogen-bond acceptors (Lipinski definition) is 3. The van der Waals surface area contributed by atoms with Crippen molar-refractivity contribution in [3.05, 3.63) is 285 Å². The predicted octanol–water partition coefficient (Wildman–Crippen LogP) is 18.8. The van der Waals surface area contributed by atoms with Crippen LogP contribution in [0.3, 0.4) is 0 Å². The summed E-state index contributed by atoms with van der Waals surface area (Å²) >= 11 is 0. The average molecular weight is 952 g/mol. The summed E-state index contributed by atoms with van der Waals surface area (Å²) in [5.74, 6) is 0. The Hall–Kier alpha value is -9.57. The van der Waals surface area contributed by atoms with Crippen LogP contribution in [0.4, 0.5) is 0 Å². The van der Waals surface area contributed by atoms with Crippen molar-refractivity contribution in [2.75, 3.05) is 0 Å². The highest BCUT2D eigenvalue weighted by atomic mass is 14.7. The van der Waals surface area contributed by atoms with Gasteiger partial charge in [-0.3, -0.25) is 15.0 Å². The second-order valence-electron chi connectivity index (χ2n) is 18.4. The zero-order chi connectivity index (χ0) is 54.8. The van der Waals surface area contributed by atoms with Crippen LogP contribution in [0.5, 0.6) is 0 Å². The highest BCUT2D eigenvalue weighted by molar-refractivity contribution is 5.97. The number of aromatic nitrogens is 3. The van der Waals surface area contributed by atoms with E-state index in [1.54, 1.807) is 24.3 Å². The van der Waals surface area contributed by atoms with E-state index < -0.39 is 13.7 Å². The molecule has 0 aliphatic carbocycles. The molecular formula is C71H51N3. The standard InChI is InChI=1S/C71H51N3/c1-48-23-39-70(73-46-48)55-33-29-52(30-34-55)61-16-6-8-18-63(61)58-42-59(64-19-9-7-17-62(64)53-31-35-56(36-32-53)71-40-24-49(2)47-74-71)44-60(43-58)65-20-10-11-21-66(65)67-38-37-57(69-22-12-13-41-72-69)45-68(67)54-27-25-51(26-28-54)50-14-4-3-5-15-50/h3-47H,1-2H3/i1D3,2D3. The number of aryl methyl sites for hydroxylation is 2. The number of nitrogens with zero attached hydrogens (tertiary/aromatic N) is 3. The first-order valence-corrected chi connectivity index (χ1v) is 24.7. The molecule has 0 atom stereocenters. The molecule has 3 heteroatoms. The van der Waals surface area contributed by atoms with E-state index in [2.05, 4.69) is 198 Å². The van der Waals surface area contributed by atoms with Crippen LogP contribution >= 0.6 is 0 Å². The molecule has 9 aromatic carbocycles. The third-order valence-corrected chi connectivity index (χ3v) is 13.7. The van der Waals surface area contributed by atoms with Crippen LogP contribution in [-0.2, 0) is 0 Å². The fourth-order valence-electron chi connectivity index (χ4n) is 9.99. The summed E-state index contributed by atoms with van der Waals surface area (Å²) in [6.45, 7) is -4.45. The molecule has 12 rings (SSSR count). The molecule has 350 valence electrons. The molecule has 0 N–H and O–H groups in total. The van der Waals surface area contributed by atoms with Crippen LogP contribution in [0.15, 0.2) is 273 Å². The van der Waals surface area contributed by atoms with E-state index in [1.807, 2.05) is 48.7 Å². The smallest absolute Gasteiger partial charge is 0.0702 e. The number of pyridine rings is 3. The van der Waals surface area contributed by atoms with E-state index in [0.717, 1.165) is 111 Å². The van der Waals surface area contributed by atoms with Gasteiger partial charge in [-0.25, -0.2) is 0 Å². The van der Waals surface area contributed by atoms with Crippen molar-refractivity contribution in [1.82, 2.24) is 15.0 Å². The van der Waals surface area contributed by atoms with Gasteiger partial charge in [-0.2, -0.15) is 0 Å². The van der Waals surface area contributed by atoms with Crippen molar-refractivity contribution in [1.29, 1.82) is 0 Å². The Labute approximate surface area is 442 Å². The summed E-state index contributed by atoms with van der Waals surface area (Å²) in [6, 6.07) is 87.9. The SMILES string of the molecule is [2H]C([2H])([2H])c1ccc(-c2ccc(-c3ccccc3-c3cc(-c4ccccc4-c4ccc(-c5ccc(C([2H])([2H])[2H])cn5)cc4)cc(-c4ccccc4-c4ccc(-c5ccccn5)cc4-c4ccc(-c5ccccc5)cc4)c3)cc2)nc1. The second-order valence-corrected chi connectivity index (χ2v) is 18.4. The summed E-state index contributed by atoms with van der Waals surface area (Å²) in [6.07, 6.45) is 4.71. The zero-order valence-electron chi connectivity index (χ0n) is 46.3. The second kappa shape index (κ2) is 20.3. The van der Waals surface area contributed by atoms with Gasteiger partial charge < -0.3 is 0 Å². The Morgan fingerprint density at radius 1 is 0.230 bits per heavy atom. The molecule has 0 spiro atoms. The Bertz CT molecular complexity index is 3980. The Balaban J connectivity index is 1.00. The Morgan fingerprint density at radius 3 is 1.05 bits per heavy atom. The first kappa shape index (κ1) is 39.1. The minimum Gasteiger partial charge on any atom is -0.256 e. The first-order valence-electron chi connectivity index (χ1n) is 27.7. The van der Waals surface area contributed by atoms with Gasteiger partial charge in [0.2, 0.25) is 0 Å². The van der Waals surface area contributed by atoms with Crippen LogP contribution in [0.2, 0.25) is 0 Å². The minimum absolute atomic E-state index is 0.208. The van der Waals surface area contributed by atoms with E-state index in [9.17, 15) is 0 Å². The summed E-state index contributed by atoms with van der Waals surface area (Å²) in [7, 11) is 0. The molecule has 0 aliphatic heterocycles. The van der Waals surface area contributed by atoms with Crippen LogP contribution in [-0.4, -0.2) is 15.0 Å². The molecule has 0 aliphatic rings. The van der Waals surface area contributed by atoms with Gasteiger partial charge in [0, 0.05) is 43.5 Å². The molecule has 0 radical (unpaired) electrons. The van der Waals surface area contributed by atoms with Crippen molar-refractivity contribution in [3.8, 4) is 123 Å². The van der Waals surface area contributed by atoms with Gasteiger partial charge >= 0.3 is 0 Å². The normalized spacial score (nSPS) is 12.6. The van der Waals surface area contributed by atoms with Crippen molar-refractivity contribution in [3.63, 3.8) is 0 Å². The lowest BCUT2D eigenvalue weighted by Gasteiger charge is -2.19. The molecule has 0 fully saturated rings. The van der Waals surface area contributed by atoms with Gasteiger partial charge in [-0.1, -0.05) is 206 Å². The number of rotatable bonds is 11. The van der Waals surface area contributed by atoms with E-state index in [-0.39, 0.29) is 11.1 Å². The number of benzene rings is 9. The summed E-state index contributed by atoms with van der Waals surface area (Å²) in [4.78, 5) is 13.8. The van der Waals surface area contributed by atoms with Crippen molar-refractivity contribution < 1.29 is 8.22 Å². The lowest BCUT2D eigenvalue weighted by molar-refractivity contribution is 1.27. The summed E-state index contributed by atoms with van der Waals surface area (Å²) in [5.41, 5.74) is 22.6. The molecule has 0 unspecified atom stereocenters. The maximum Gasteiger partial charge on any atom is 0.0702 e. The van der Waals surface area contributed by atoms with Crippen LogP contribution < -0.4 is 0 Å². The quantitative estimate of drug-likeness (QED) is 0.130. The molecule has 0 saturated carbocycles. The molecule has 74 heavy (non-hydrogen) atoms. The minimum atomic E-state index is -2.23. The maximum absolute atomic E-state index is 7.82. The zero-order valence-corrected chi connectivity index (χ0v) is 40.3. The molecule has 3 heterocycles. The molecule has 3 aromatic heterocycles. The van der Waals surface area contributed by atoms with Crippen molar-refractivity contribution in [2.24, 2.45) is 0 Å². The molecule has 12 aromatic rings. The molecule has 3 nitrogen and oxygen atoms in total. The Kier molecular flexibility index (Phi) is 10.7. The average Bonchev–Trinajstić information content (AvgIpc) is 3.53. The third kappa shape index (κ3) is 9.39. The molecular weight excluding hydrogens is 895 g/mol. The summed E-state index contributed by atoms with van der Waals surface area (Å²) in [5, 5.41) is 0. The predicted molar refractivity (Wildman–Crippen MR) is 309 cm³/mol. The van der Waals surface area contributed by atoms with E-state index >= 15 is 0 Å². The molecule has 0 saturated heterocycles. The Morgan fingerprint density at radius 2 is 0.595 bits per heavy atom. The van der Waals surface area contributed by atoms with Gasteiger partial charge in [-0.15, -0.1) is 0 Å². The molecule has 0 amide bonds. The highest BCUT2D eigenvalue weighted by Crippen LogP contribution is 2.45. The van der Waals surface area contributed by atoms with Crippen molar-refractivity contribution in [2.45, 2.75) is 13.7 Å². The third-order valence-electron chi connectivity index (χ3n) is 13.7. The largest absolute Gasteiger partial charge is 0.256 e. The van der Waals surface area contributed by atoms with Crippen LogP contribution in [0.25, 0.3) is 123 Å². The van der Waals surface area contributed by atoms with Gasteiger partial charge in [0.15, 0.2) is 0 Å². The summed E-state index contributed by atoms with van der Waals surface area (Å²) < 4.78 is 46.9. The van der Waals surface area contributed by atoms with Crippen LogP contribution in [0, 0.1) is 13.7 Å². The monoisotopic (exact) mass is 951 g/mol. The van der Waals surface area contributed by atoms with E-state index in [0.29, 0.717) is 11.4 Å². The number of hydrogen-bond donors (Lipinski definition) is 0.